The van der Waals surface area contributed by atoms with E-state index in [0.29, 0.717) is 19.8 Å². The van der Waals surface area contributed by atoms with Gasteiger partial charge in [0.1, 0.15) is 19.0 Å². The normalized spacial score (nSPS) is 10.3. The van der Waals surface area contributed by atoms with Gasteiger partial charge in [-0.15, -0.1) is 0 Å². The van der Waals surface area contributed by atoms with Crippen molar-refractivity contribution in [1.82, 2.24) is 0 Å². The van der Waals surface area contributed by atoms with E-state index in [4.69, 9.17) is 14.2 Å². The topological polar surface area (TPSA) is 44.8 Å². The van der Waals surface area contributed by atoms with Gasteiger partial charge in [0.25, 0.3) is 0 Å². The first-order valence-electron chi connectivity index (χ1n) is 6.78. The van der Waals surface area contributed by atoms with Gasteiger partial charge in [-0.3, -0.25) is 0 Å². The van der Waals surface area contributed by atoms with E-state index in [1.54, 1.807) is 18.3 Å². The molecule has 112 valence electrons. The van der Waals surface area contributed by atoms with Gasteiger partial charge in [0.05, 0.1) is 13.2 Å². The maximum atomic E-state index is 11.1. The van der Waals surface area contributed by atoms with Crippen LogP contribution >= 0.6 is 11.3 Å². The second-order valence-corrected chi connectivity index (χ2v) is 5.03. The van der Waals surface area contributed by atoms with Crippen LogP contribution in [0, 0.1) is 0 Å². The maximum absolute atomic E-state index is 11.1. The lowest BCUT2D eigenvalue weighted by molar-refractivity contribution is -0.148. The molecule has 0 amide bonds. The fourth-order valence-corrected chi connectivity index (χ4v) is 2.44. The second kappa shape index (κ2) is 8.44. The van der Waals surface area contributed by atoms with Crippen LogP contribution in [0.2, 0.25) is 0 Å². The molecular formula is C16H18O4S. The molecule has 2 aromatic rings. The van der Waals surface area contributed by atoms with Crippen molar-refractivity contribution in [3.63, 3.8) is 0 Å². The Balaban J connectivity index is 1.74. The number of ether oxygens (including phenoxy) is 3. The fourth-order valence-electron chi connectivity index (χ4n) is 1.77. The van der Waals surface area contributed by atoms with Crippen LogP contribution in [0.25, 0.3) is 11.1 Å². The van der Waals surface area contributed by atoms with Crippen LogP contribution in [0.15, 0.2) is 41.1 Å². The van der Waals surface area contributed by atoms with Crippen molar-refractivity contribution in [2.45, 2.75) is 6.92 Å². The summed E-state index contributed by atoms with van der Waals surface area (Å²) >= 11 is 1.67. The van der Waals surface area contributed by atoms with Gasteiger partial charge in [-0.2, -0.15) is 11.3 Å². The van der Waals surface area contributed by atoms with Gasteiger partial charge in [-0.05, 0) is 47.0 Å². The molecule has 5 heteroatoms. The number of thiophene rings is 1. The summed E-state index contributed by atoms with van der Waals surface area (Å²) in [6.07, 6.45) is 0. The molecule has 2 rings (SSSR count). The number of hydrogen-bond donors (Lipinski definition) is 0. The van der Waals surface area contributed by atoms with Gasteiger partial charge in [-0.1, -0.05) is 12.1 Å². The van der Waals surface area contributed by atoms with Gasteiger partial charge >= 0.3 is 5.97 Å². The largest absolute Gasteiger partial charge is 0.491 e. The molecule has 0 aliphatic rings. The van der Waals surface area contributed by atoms with E-state index in [1.165, 1.54) is 5.56 Å². The molecule has 0 radical (unpaired) electrons. The Labute approximate surface area is 128 Å². The van der Waals surface area contributed by atoms with E-state index < -0.39 is 0 Å². The van der Waals surface area contributed by atoms with Crippen molar-refractivity contribution in [3.8, 4) is 16.9 Å². The first-order chi connectivity index (χ1) is 10.3. The van der Waals surface area contributed by atoms with E-state index in [1.807, 2.05) is 29.6 Å². The summed E-state index contributed by atoms with van der Waals surface area (Å²) in [4.78, 5) is 11.1. The number of rotatable bonds is 8. The third-order valence-corrected chi connectivity index (χ3v) is 3.39. The minimum Gasteiger partial charge on any atom is -0.491 e. The first-order valence-corrected chi connectivity index (χ1v) is 7.72. The van der Waals surface area contributed by atoms with Crippen molar-refractivity contribution in [3.05, 3.63) is 41.1 Å². The van der Waals surface area contributed by atoms with Crippen LogP contribution in [0.5, 0.6) is 5.75 Å². The highest BCUT2D eigenvalue weighted by Crippen LogP contribution is 2.25. The van der Waals surface area contributed by atoms with Crippen LogP contribution in [-0.4, -0.2) is 32.4 Å². The molecule has 0 unspecified atom stereocenters. The zero-order valence-electron chi connectivity index (χ0n) is 11.9. The predicted molar refractivity (Wildman–Crippen MR) is 82.7 cm³/mol. The van der Waals surface area contributed by atoms with E-state index in [2.05, 4.69) is 11.4 Å². The maximum Gasteiger partial charge on any atom is 0.332 e. The van der Waals surface area contributed by atoms with E-state index in [0.717, 1.165) is 11.3 Å². The molecule has 1 aromatic carbocycles. The van der Waals surface area contributed by atoms with Crippen molar-refractivity contribution < 1.29 is 19.0 Å². The van der Waals surface area contributed by atoms with Gasteiger partial charge in [0.15, 0.2) is 0 Å². The molecule has 0 aliphatic heterocycles. The van der Waals surface area contributed by atoms with Crippen molar-refractivity contribution in [2.24, 2.45) is 0 Å². The molecule has 0 aliphatic carbocycles. The summed E-state index contributed by atoms with van der Waals surface area (Å²) in [5, 5.41) is 4.15. The SMILES string of the molecule is CCOC(=O)COCCOc1cccc(-c2ccsc2)c1. The molecule has 0 bridgehead atoms. The molecule has 0 fully saturated rings. The molecule has 21 heavy (non-hydrogen) atoms. The minimum atomic E-state index is -0.350. The van der Waals surface area contributed by atoms with Crippen LogP contribution in [0.4, 0.5) is 0 Å². The van der Waals surface area contributed by atoms with Gasteiger partial charge < -0.3 is 14.2 Å². The van der Waals surface area contributed by atoms with Crippen molar-refractivity contribution in [2.75, 3.05) is 26.4 Å². The lowest BCUT2D eigenvalue weighted by atomic mass is 10.1. The number of carbonyl (C=O) groups excluding carboxylic acids is 1. The van der Waals surface area contributed by atoms with Crippen LogP contribution in [0.1, 0.15) is 6.92 Å². The molecule has 4 nitrogen and oxygen atoms in total. The van der Waals surface area contributed by atoms with Gasteiger partial charge in [0, 0.05) is 0 Å². The van der Waals surface area contributed by atoms with Crippen LogP contribution in [-0.2, 0) is 14.3 Å². The average Bonchev–Trinajstić information content (AvgIpc) is 3.02. The summed E-state index contributed by atoms with van der Waals surface area (Å²) in [6.45, 7) is 2.84. The Morgan fingerprint density at radius 3 is 2.86 bits per heavy atom. The third kappa shape index (κ3) is 5.21. The van der Waals surface area contributed by atoms with E-state index in [9.17, 15) is 4.79 Å². The molecule has 1 heterocycles. The number of hydrogen-bond acceptors (Lipinski definition) is 5. The van der Waals surface area contributed by atoms with Gasteiger partial charge in [-0.25, -0.2) is 4.79 Å². The number of esters is 1. The number of benzene rings is 1. The van der Waals surface area contributed by atoms with Crippen LogP contribution < -0.4 is 4.74 Å². The molecular weight excluding hydrogens is 288 g/mol. The van der Waals surface area contributed by atoms with Crippen LogP contribution in [0.3, 0.4) is 0 Å². The van der Waals surface area contributed by atoms with Crippen molar-refractivity contribution >= 4 is 17.3 Å². The molecule has 0 saturated heterocycles. The Hall–Kier alpha value is -1.85. The molecule has 0 spiro atoms. The highest BCUT2D eigenvalue weighted by Gasteiger charge is 2.02. The van der Waals surface area contributed by atoms with E-state index in [-0.39, 0.29) is 12.6 Å². The molecule has 1 aromatic heterocycles. The van der Waals surface area contributed by atoms with Crippen molar-refractivity contribution in [1.29, 1.82) is 0 Å². The van der Waals surface area contributed by atoms with E-state index >= 15 is 0 Å². The zero-order chi connectivity index (χ0) is 14.9. The monoisotopic (exact) mass is 306 g/mol. The highest BCUT2D eigenvalue weighted by atomic mass is 32.1. The Morgan fingerprint density at radius 2 is 2.10 bits per heavy atom. The summed E-state index contributed by atoms with van der Waals surface area (Å²) in [7, 11) is 0. The quantitative estimate of drug-likeness (QED) is 0.554. The first kappa shape index (κ1) is 15.5. The molecule has 0 saturated carbocycles. The minimum absolute atomic E-state index is 0.0356. The Bertz CT molecular complexity index is 551. The molecule has 0 N–H and O–H groups in total. The standard InChI is InChI=1S/C16H18O4S/c1-2-19-16(17)11-18-7-8-20-15-5-3-4-13(10-15)14-6-9-21-12-14/h3-6,9-10,12H,2,7-8,11H2,1H3. The predicted octanol–water partition coefficient (Wildman–Crippen LogP) is 3.37. The Morgan fingerprint density at radius 1 is 1.19 bits per heavy atom. The van der Waals surface area contributed by atoms with Gasteiger partial charge in [0.2, 0.25) is 0 Å². The summed E-state index contributed by atoms with van der Waals surface area (Å²) in [6, 6.07) is 9.98. The zero-order valence-corrected chi connectivity index (χ0v) is 12.7. The molecule has 0 atom stereocenters. The second-order valence-electron chi connectivity index (χ2n) is 4.25. The summed E-state index contributed by atoms with van der Waals surface area (Å²) in [5.74, 6) is 0.440. The summed E-state index contributed by atoms with van der Waals surface area (Å²) < 4.78 is 15.5. The lowest BCUT2D eigenvalue weighted by Gasteiger charge is -2.08. The smallest absolute Gasteiger partial charge is 0.332 e. The lowest BCUT2D eigenvalue weighted by Crippen LogP contribution is -2.15. The summed E-state index contributed by atoms with van der Waals surface area (Å²) in [5.41, 5.74) is 2.31. The highest BCUT2D eigenvalue weighted by molar-refractivity contribution is 7.08. The Kier molecular flexibility index (Phi) is 6.24. The third-order valence-electron chi connectivity index (χ3n) is 2.71. The number of carbonyl (C=O) groups is 1. The average molecular weight is 306 g/mol. The fraction of sp³-hybridized carbons (Fsp3) is 0.312.